The fourth-order valence-corrected chi connectivity index (χ4v) is 15.5. The predicted octanol–water partition coefficient (Wildman–Crippen LogP) is 8.11. The van der Waals surface area contributed by atoms with Crippen molar-refractivity contribution in [2.45, 2.75) is 141 Å². The van der Waals surface area contributed by atoms with Gasteiger partial charge in [0.2, 0.25) is 0 Å². The zero-order chi connectivity index (χ0) is 30.1. The summed E-state index contributed by atoms with van der Waals surface area (Å²) in [5.41, 5.74) is 2.06. The van der Waals surface area contributed by atoms with Crippen LogP contribution < -0.4 is 0 Å². The first-order valence-electron chi connectivity index (χ1n) is 15.8. The first kappa shape index (κ1) is 31.5. The Balaban J connectivity index is 1.72. The van der Waals surface area contributed by atoms with Gasteiger partial charge in [0.25, 0.3) is 0 Å². The Kier molecular flexibility index (Phi) is 9.57. The van der Waals surface area contributed by atoms with Crippen molar-refractivity contribution in [1.29, 1.82) is 0 Å². The van der Waals surface area contributed by atoms with E-state index in [1.54, 1.807) is 4.90 Å². The van der Waals surface area contributed by atoms with Crippen molar-refractivity contribution in [3.8, 4) is 0 Å². The number of amides is 1. The molecule has 7 heteroatoms. The summed E-state index contributed by atoms with van der Waals surface area (Å²) in [5, 5.41) is 0.833. The molecular weight excluding hydrogens is 530 g/mol. The normalized spacial score (nSPS) is 26.0. The number of benzene rings is 1. The fraction of sp³-hybridized carbons (Fsp3) is 0.676. The van der Waals surface area contributed by atoms with Gasteiger partial charge in [-0.05, 0) is 58.5 Å². The van der Waals surface area contributed by atoms with Gasteiger partial charge < -0.3 is 9.47 Å². The van der Waals surface area contributed by atoms with E-state index < -0.39 is 26.3 Å². The summed E-state index contributed by atoms with van der Waals surface area (Å²) in [5.74, 6) is 0.0129. The van der Waals surface area contributed by atoms with Gasteiger partial charge in [-0.3, -0.25) is 14.5 Å². The molecule has 6 nitrogen and oxygen atoms in total. The number of hydrogen-bond acceptors (Lipinski definition) is 5. The molecule has 1 aromatic rings. The van der Waals surface area contributed by atoms with Gasteiger partial charge in [-0.15, -0.1) is 0 Å². The largest absolute Gasteiger partial charge is 0.460 e. The fourth-order valence-electron chi connectivity index (χ4n) is 8.64. The second kappa shape index (κ2) is 12.4. The van der Waals surface area contributed by atoms with E-state index in [9.17, 15) is 14.4 Å². The summed E-state index contributed by atoms with van der Waals surface area (Å²) < 4.78 is 12.1. The number of carbonyl (C=O) groups is 3. The summed E-state index contributed by atoms with van der Waals surface area (Å²) in [7, 11) is -2.35. The summed E-state index contributed by atoms with van der Waals surface area (Å²) in [4.78, 5) is 41.9. The lowest BCUT2D eigenvalue weighted by molar-refractivity contribution is -0.144. The number of ether oxygens (including phenoxy) is 2. The zero-order valence-corrected chi connectivity index (χ0v) is 27.4. The average Bonchev–Trinajstić information content (AvgIpc) is 3.35. The van der Waals surface area contributed by atoms with Crippen molar-refractivity contribution >= 4 is 25.9 Å². The molecule has 1 saturated carbocycles. The van der Waals surface area contributed by atoms with Gasteiger partial charge in [-0.1, -0.05) is 92.1 Å². The van der Waals surface area contributed by atoms with Crippen LogP contribution in [0.1, 0.15) is 106 Å². The van der Waals surface area contributed by atoms with E-state index in [2.05, 4.69) is 79.7 Å². The molecule has 1 amide bonds. The summed E-state index contributed by atoms with van der Waals surface area (Å²) >= 11 is 0. The minimum atomic E-state index is -2.35. The lowest BCUT2D eigenvalue weighted by Gasteiger charge is -2.48. The molecule has 0 unspecified atom stereocenters. The second-order valence-electron chi connectivity index (χ2n) is 14.0. The highest BCUT2D eigenvalue weighted by molar-refractivity contribution is 6.93. The van der Waals surface area contributed by atoms with E-state index in [1.807, 2.05) is 12.3 Å². The van der Waals surface area contributed by atoms with Crippen LogP contribution in [0.15, 0.2) is 41.7 Å². The summed E-state index contributed by atoms with van der Waals surface area (Å²) in [6, 6.07) is 9.96. The molecule has 2 heterocycles. The van der Waals surface area contributed by atoms with E-state index >= 15 is 0 Å². The Morgan fingerprint density at radius 1 is 0.951 bits per heavy atom. The highest BCUT2D eigenvalue weighted by Crippen LogP contribution is 2.49. The van der Waals surface area contributed by atoms with E-state index in [0.717, 1.165) is 30.9 Å². The summed E-state index contributed by atoms with van der Waals surface area (Å²) in [6.07, 6.45) is 5.66. The van der Waals surface area contributed by atoms with Crippen molar-refractivity contribution in [2.24, 2.45) is 5.92 Å². The topological polar surface area (TPSA) is 72.9 Å². The van der Waals surface area contributed by atoms with Crippen LogP contribution in [0.4, 0.5) is 4.79 Å². The number of carbonyl (C=O) groups excluding carboxylic acids is 3. The minimum absolute atomic E-state index is 0.102. The molecule has 0 radical (unpaired) electrons. The maximum atomic E-state index is 14.2. The average molecular weight is 582 g/mol. The molecule has 0 spiro atoms. The SMILES string of the molecule is CC(C)[Si](C1=CN(C(=O)O[C@H]2CCCC[C@@H]2C(C)(C)c2ccccc2)[C@H]([C@@H]2CCC(=O)O2)CC1=O)(C(C)C)C(C)C. The monoisotopic (exact) mass is 581 g/mol. The number of rotatable bonds is 8. The number of ketones is 1. The van der Waals surface area contributed by atoms with Crippen molar-refractivity contribution in [2.75, 3.05) is 0 Å². The molecule has 4 rings (SSSR count). The number of esters is 1. The molecule has 0 aromatic heterocycles. The van der Waals surface area contributed by atoms with Crippen LogP contribution in [0.25, 0.3) is 0 Å². The van der Waals surface area contributed by atoms with Crippen LogP contribution in [0.2, 0.25) is 16.6 Å². The molecule has 41 heavy (non-hydrogen) atoms. The third kappa shape index (κ3) is 5.93. The summed E-state index contributed by atoms with van der Waals surface area (Å²) in [6.45, 7) is 17.9. The maximum absolute atomic E-state index is 14.2. The van der Waals surface area contributed by atoms with Gasteiger partial charge in [0.1, 0.15) is 20.3 Å². The minimum Gasteiger partial charge on any atom is -0.460 e. The number of hydrogen-bond donors (Lipinski definition) is 0. The third-order valence-electron chi connectivity index (χ3n) is 10.6. The lowest BCUT2D eigenvalue weighted by Crippen LogP contribution is -2.56. The van der Waals surface area contributed by atoms with Crippen LogP contribution in [0.5, 0.6) is 0 Å². The maximum Gasteiger partial charge on any atom is 0.414 e. The van der Waals surface area contributed by atoms with E-state index in [1.165, 1.54) is 5.56 Å². The van der Waals surface area contributed by atoms with Gasteiger partial charge in [-0.25, -0.2) is 4.79 Å². The quantitative estimate of drug-likeness (QED) is 0.229. The van der Waals surface area contributed by atoms with E-state index in [0.29, 0.717) is 29.5 Å². The van der Waals surface area contributed by atoms with Crippen molar-refractivity contribution in [1.82, 2.24) is 4.90 Å². The van der Waals surface area contributed by atoms with Gasteiger partial charge in [-0.2, -0.15) is 0 Å². The van der Waals surface area contributed by atoms with Gasteiger partial charge in [0.05, 0.1) is 6.04 Å². The molecule has 1 aliphatic carbocycles. The molecule has 0 bridgehead atoms. The highest BCUT2D eigenvalue weighted by Gasteiger charge is 2.52. The third-order valence-corrected chi connectivity index (χ3v) is 17.7. The molecule has 0 N–H and O–H groups in total. The molecule has 4 atom stereocenters. The molecular formula is C34H51NO5Si. The first-order chi connectivity index (χ1) is 19.3. The number of nitrogens with zero attached hydrogens (tertiary/aromatic N) is 1. The van der Waals surface area contributed by atoms with Crippen molar-refractivity contribution < 1.29 is 23.9 Å². The Morgan fingerprint density at radius 2 is 1.56 bits per heavy atom. The standard InChI is InChI=1S/C34H51NO5Si/c1-22(2)41(23(3)4,24(5)6)31-21-35(27(20-28(31)36)30-18-19-32(37)39-30)33(38)40-29-17-13-12-16-26(29)34(7,8)25-14-10-9-11-15-25/h9-11,14-15,21-24,26-27,29-30H,12-13,16-20H2,1-8H3/t26-,27-,29-,30-/m0/s1. The van der Waals surface area contributed by atoms with Crippen molar-refractivity contribution in [3.05, 3.63) is 47.3 Å². The Labute approximate surface area is 248 Å². The molecule has 1 saturated heterocycles. The number of cyclic esters (lactones) is 1. The predicted molar refractivity (Wildman–Crippen MR) is 165 cm³/mol. The molecule has 3 aliphatic rings. The lowest BCUT2D eigenvalue weighted by atomic mass is 9.66. The van der Waals surface area contributed by atoms with Gasteiger partial charge >= 0.3 is 12.1 Å². The Morgan fingerprint density at radius 3 is 2.12 bits per heavy atom. The smallest absolute Gasteiger partial charge is 0.414 e. The van der Waals surface area contributed by atoms with Crippen molar-refractivity contribution in [3.63, 3.8) is 0 Å². The molecule has 2 aliphatic heterocycles. The first-order valence-corrected chi connectivity index (χ1v) is 18.0. The number of allylic oxidation sites excluding steroid dienone is 1. The van der Waals surface area contributed by atoms with Crippen LogP contribution >= 0.6 is 0 Å². The Bertz CT molecular complexity index is 1120. The Hall–Kier alpha value is -2.41. The zero-order valence-electron chi connectivity index (χ0n) is 26.4. The van der Waals surface area contributed by atoms with Crippen LogP contribution in [-0.4, -0.2) is 49.1 Å². The number of Topliss-reactive ketones (excluding diaryl/α,β-unsaturated/α-hetero) is 1. The second-order valence-corrected chi connectivity index (χ2v) is 19.9. The molecule has 226 valence electrons. The van der Waals surface area contributed by atoms with Gasteiger partial charge in [0, 0.05) is 25.0 Å². The van der Waals surface area contributed by atoms with Gasteiger partial charge in [0.15, 0.2) is 5.78 Å². The molecule has 1 aromatic carbocycles. The highest BCUT2D eigenvalue weighted by atomic mass is 28.3. The molecule has 2 fully saturated rings. The van der Waals surface area contributed by atoms with Crippen LogP contribution in [0, 0.1) is 5.92 Å². The van der Waals surface area contributed by atoms with Crippen LogP contribution in [-0.2, 0) is 24.5 Å². The van der Waals surface area contributed by atoms with E-state index in [-0.39, 0.29) is 35.6 Å². The van der Waals surface area contributed by atoms with E-state index in [4.69, 9.17) is 9.47 Å². The van der Waals surface area contributed by atoms with Crippen LogP contribution in [0.3, 0.4) is 0 Å².